The first-order chi connectivity index (χ1) is 20.7. The first-order valence-corrected chi connectivity index (χ1v) is 15.0. The van der Waals surface area contributed by atoms with E-state index >= 15 is 0 Å². The van der Waals surface area contributed by atoms with Gasteiger partial charge in [0.05, 0.1) is 24.0 Å². The van der Waals surface area contributed by atoms with Gasteiger partial charge in [-0.1, -0.05) is 49.4 Å². The minimum absolute atomic E-state index is 0.0970. The first kappa shape index (κ1) is 29.3. The number of nitrogens with one attached hydrogen (secondary N) is 1. The second-order valence-electron chi connectivity index (χ2n) is 12.0. The molecule has 2 unspecified atom stereocenters. The summed E-state index contributed by atoms with van der Waals surface area (Å²) in [7, 11) is 2.02. The van der Waals surface area contributed by atoms with Gasteiger partial charge in [0.25, 0.3) is 0 Å². The fourth-order valence-corrected chi connectivity index (χ4v) is 7.49. The van der Waals surface area contributed by atoms with Crippen LogP contribution in [0.25, 0.3) is 0 Å². The molecule has 1 saturated heterocycles. The summed E-state index contributed by atoms with van der Waals surface area (Å²) < 4.78 is 18.2. The van der Waals surface area contributed by atoms with Crippen molar-refractivity contribution in [1.82, 2.24) is 10.2 Å². The number of carbonyl (C=O) groups is 3. The molecule has 228 valence electrons. The van der Waals surface area contributed by atoms with Crippen LogP contribution in [0.15, 0.2) is 54.3 Å². The average Bonchev–Trinajstić information content (AvgIpc) is 3.35. The Labute approximate surface area is 250 Å². The largest absolute Gasteiger partial charge is 0.481 e. The molecule has 0 radical (unpaired) electrons. The summed E-state index contributed by atoms with van der Waals surface area (Å²) in [5.41, 5.74) is 0.993. The number of aliphatic hydroxyl groups is 2. The molecule has 43 heavy (non-hydrogen) atoms. The van der Waals surface area contributed by atoms with Crippen LogP contribution < -0.4 is 10.1 Å². The van der Waals surface area contributed by atoms with E-state index in [1.165, 1.54) is 0 Å². The summed E-state index contributed by atoms with van der Waals surface area (Å²) in [5.74, 6) is -0.784. The predicted octanol–water partition coefficient (Wildman–Crippen LogP) is 2.59. The molecule has 5 atom stereocenters. The molecule has 3 N–H and O–H groups in total. The van der Waals surface area contributed by atoms with Crippen molar-refractivity contribution in [3.05, 3.63) is 76.6 Å². The van der Waals surface area contributed by atoms with Crippen molar-refractivity contribution in [1.29, 1.82) is 0 Å². The third kappa shape index (κ3) is 4.72. The SMILES string of the molecule is CCCC(=O)NCCC(=O)O[C@@H](C(=O)OC1=CC[C@@]2(O)[C@H]3Cc4ccc(CO)c5c4C2(CCN3C)C1O5)c1ccccc1. The van der Waals surface area contributed by atoms with Crippen LogP contribution in [-0.2, 0) is 42.3 Å². The molecule has 2 heterocycles. The third-order valence-electron chi connectivity index (χ3n) is 9.54. The van der Waals surface area contributed by atoms with E-state index in [0.717, 1.165) is 17.7 Å². The fourth-order valence-electron chi connectivity index (χ4n) is 7.49. The Hall–Kier alpha value is -3.73. The summed E-state index contributed by atoms with van der Waals surface area (Å²) in [6.07, 6.45) is 2.01. The van der Waals surface area contributed by atoms with Crippen molar-refractivity contribution >= 4 is 17.8 Å². The number of hydrogen-bond donors (Lipinski definition) is 3. The molecule has 2 aliphatic heterocycles. The highest BCUT2D eigenvalue weighted by molar-refractivity contribution is 5.82. The molecule has 1 fully saturated rings. The molecule has 10 nitrogen and oxygen atoms in total. The number of carbonyl (C=O) groups excluding carboxylic acids is 3. The second-order valence-corrected chi connectivity index (χ2v) is 12.0. The minimum atomic E-state index is -1.34. The van der Waals surface area contributed by atoms with Crippen LogP contribution in [0.3, 0.4) is 0 Å². The van der Waals surface area contributed by atoms with Crippen molar-refractivity contribution in [2.24, 2.45) is 0 Å². The number of nitrogens with zero attached hydrogens (tertiary/aromatic N) is 1. The molecule has 0 aromatic heterocycles. The van der Waals surface area contributed by atoms with Crippen molar-refractivity contribution in [3.63, 3.8) is 0 Å². The molecule has 4 aliphatic rings. The lowest BCUT2D eigenvalue weighted by Gasteiger charge is -2.61. The van der Waals surface area contributed by atoms with Gasteiger partial charge in [0, 0.05) is 42.1 Å². The third-order valence-corrected chi connectivity index (χ3v) is 9.54. The number of likely N-dealkylation sites (tertiary alicyclic amines) is 1. The Balaban J connectivity index is 1.28. The maximum atomic E-state index is 13.8. The van der Waals surface area contributed by atoms with Crippen molar-refractivity contribution in [3.8, 4) is 5.75 Å². The van der Waals surface area contributed by atoms with Gasteiger partial charge in [0.1, 0.15) is 11.5 Å². The van der Waals surface area contributed by atoms with Gasteiger partial charge in [-0.25, -0.2) is 4.79 Å². The number of benzene rings is 2. The predicted molar refractivity (Wildman–Crippen MR) is 155 cm³/mol. The fraction of sp³-hybridized carbons (Fsp3) is 0.485. The Morgan fingerprint density at radius 1 is 1.16 bits per heavy atom. The average molecular weight is 591 g/mol. The summed E-state index contributed by atoms with van der Waals surface area (Å²) >= 11 is 0. The Morgan fingerprint density at radius 3 is 2.70 bits per heavy atom. The Bertz CT molecular complexity index is 1460. The van der Waals surface area contributed by atoms with Crippen LogP contribution in [0.5, 0.6) is 5.75 Å². The number of likely N-dealkylation sites (N-methyl/N-ethyl adjacent to an activating group) is 1. The van der Waals surface area contributed by atoms with Crippen LogP contribution in [0.4, 0.5) is 0 Å². The number of piperidine rings is 1. The van der Waals surface area contributed by atoms with E-state index in [-0.39, 0.29) is 43.7 Å². The van der Waals surface area contributed by atoms with Crippen molar-refractivity contribution in [2.75, 3.05) is 20.1 Å². The van der Waals surface area contributed by atoms with Gasteiger partial charge in [0.15, 0.2) is 6.10 Å². The summed E-state index contributed by atoms with van der Waals surface area (Å²) in [6.45, 7) is 2.48. The number of rotatable bonds is 10. The van der Waals surface area contributed by atoms with Crippen LogP contribution in [0.1, 0.15) is 67.4 Å². The van der Waals surface area contributed by atoms with Gasteiger partial charge < -0.3 is 34.6 Å². The quantitative estimate of drug-likeness (QED) is 0.357. The highest BCUT2D eigenvalue weighted by Crippen LogP contribution is 2.64. The highest BCUT2D eigenvalue weighted by Gasteiger charge is 2.72. The molecular weight excluding hydrogens is 552 g/mol. The molecule has 1 amide bonds. The molecule has 2 aliphatic carbocycles. The lowest BCUT2D eigenvalue weighted by atomic mass is 9.50. The van der Waals surface area contributed by atoms with Gasteiger partial charge >= 0.3 is 11.9 Å². The monoisotopic (exact) mass is 590 g/mol. The van der Waals surface area contributed by atoms with Gasteiger partial charge in [-0.3, -0.25) is 9.59 Å². The first-order valence-electron chi connectivity index (χ1n) is 15.0. The maximum Gasteiger partial charge on any atom is 0.357 e. The van der Waals surface area contributed by atoms with Gasteiger partial charge in [-0.2, -0.15) is 0 Å². The van der Waals surface area contributed by atoms with Crippen LogP contribution >= 0.6 is 0 Å². The van der Waals surface area contributed by atoms with E-state index in [4.69, 9.17) is 14.2 Å². The Morgan fingerprint density at radius 2 is 1.95 bits per heavy atom. The topological polar surface area (TPSA) is 135 Å². The normalized spacial score (nSPS) is 27.3. The van der Waals surface area contributed by atoms with E-state index < -0.39 is 35.2 Å². The lowest BCUT2D eigenvalue weighted by molar-refractivity contribution is -0.176. The standard InChI is InChI=1S/C33H38N2O8/c1-3-7-25(37)34-16-13-26(38)42-29(20-8-5-4-6-9-20)31(39)41-23-12-14-33(40)24-18-21-10-11-22(19-36)28-27(21)32(33,30(23)43-28)15-17-35(24)2/h4-6,8-12,24,29-30,36,40H,3,7,13-19H2,1-2H3,(H,34,37)/t24-,29-,30?,32?,33-/m1/s1. The lowest BCUT2D eigenvalue weighted by Crippen LogP contribution is -2.74. The molecule has 6 rings (SSSR count). The molecular formula is C33H38N2O8. The van der Waals surface area contributed by atoms with Crippen LogP contribution in [0, 0.1) is 0 Å². The zero-order valence-corrected chi connectivity index (χ0v) is 24.5. The van der Waals surface area contributed by atoms with E-state index in [1.54, 1.807) is 36.4 Å². The minimum Gasteiger partial charge on any atom is -0.481 e. The summed E-state index contributed by atoms with van der Waals surface area (Å²) in [4.78, 5) is 40.5. The Kier molecular flexibility index (Phi) is 7.78. The van der Waals surface area contributed by atoms with Crippen LogP contribution in [0.2, 0.25) is 0 Å². The van der Waals surface area contributed by atoms with E-state index in [2.05, 4.69) is 10.2 Å². The zero-order valence-electron chi connectivity index (χ0n) is 24.5. The number of amides is 1. The van der Waals surface area contributed by atoms with Crippen LogP contribution in [-0.4, -0.2) is 70.8 Å². The zero-order chi connectivity index (χ0) is 30.4. The number of aliphatic hydroxyl groups excluding tert-OH is 1. The maximum absolute atomic E-state index is 13.8. The number of hydrogen-bond acceptors (Lipinski definition) is 9. The summed E-state index contributed by atoms with van der Waals surface area (Å²) in [6, 6.07) is 12.3. The smallest absolute Gasteiger partial charge is 0.357 e. The van der Waals surface area contributed by atoms with E-state index in [1.807, 2.05) is 26.1 Å². The summed E-state index contributed by atoms with van der Waals surface area (Å²) in [5, 5.41) is 25.2. The molecule has 1 spiro atoms. The van der Waals surface area contributed by atoms with Crippen molar-refractivity contribution < 1.29 is 38.8 Å². The van der Waals surface area contributed by atoms with Crippen molar-refractivity contribution in [2.45, 2.75) is 81.3 Å². The van der Waals surface area contributed by atoms with Gasteiger partial charge in [0.2, 0.25) is 12.0 Å². The van der Waals surface area contributed by atoms with E-state index in [9.17, 15) is 24.6 Å². The molecule has 2 bridgehead atoms. The molecule has 10 heteroatoms. The highest BCUT2D eigenvalue weighted by atomic mass is 16.6. The molecule has 2 aromatic rings. The van der Waals surface area contributed by atoms with Gasteiger partial charge in [-0.05, 0) is 44.5 Å². The molecule has 0 saturated carbocycles. The van der Waals surface area contributed by atoms with E-state index in [0.29, 0.717) is 42.6 Å². The second kappa shape index (κ2) is 11.4. The number of esters is 2. The molecule has 2 aromatic carbocycles. The number of ether oxygens (including phenoxy) is 3. The van der Waals surface area contributed by atoms with Gasteiger partial charge in [-0.15, -0.1) is 0 Å².